The molecular weight excluding hydrogens is 289 g/mol. The molecule has 0 saturated carbocycles. The van der Waals surface area contributed by atoms with Gasteiger partial charge in [-0.15, -0.1) is 0 Å². The first-order chi connectivity index (χ1) is 9.79. The number of pyridine rings is 1. The van der Waals surface area contributed by atoms with E-state index in [-0.39, 0.29) is 18.1 Å². The standard InChI is InChI=1S/C12H15F3N4O2/c1-2-5-19(7-10(16)18-21)11(20)9-4-3-8(6-17-9)12(13,14)15/h3-4,6,21H,2,5,7H2,1H3,(H2,16,18). The van der Waals surface area contributed by atoms with Crippen LogP contribution < -0.4 is 5.73 Å². The Kier molecular flexibility index (Phi) is 5.51. The van der Waals surface area contributed by atoms with Gasteiger partial charge in [0.2, 0.25) is 0 Å². The molecule has 1 rings (SSSR count). The molecule has 1 amide bonds. The van der Waals surface area contributed by atoms with E-state index in [2.05, 4.69) is 10.1 Å². The van der Waals surface area contributed by atoms with Crippen LogP contribution >= 0.6 is 0 Å². The lowest BCUT2D eigenvalue weighted by molar-refractivity contribution is -0.137. The molecule has 3 N–H and O–H groups in total. The zero-order valence-electron chi connectivity index (χ0n) is 11.3. The van der Waals surface area contributed by atoms with Crippen molar-refractivity contribution in [2.45, 2.75) is 19.5 Å². The Hall–Kier alpha value is -2.32. The summed E-state index contributed by atoms with van der Waals surface area (Å²) in [6.07, 6.45) is -3.31. The quantitative estimate of drug-likeness (QED) is 0.375. The highest BCUT2D eigenvalue weighted by Crippen LogP contribution is 2.28. The van der Waals surface area contributed by atoms with E-state index in [9.17, 15) is 18.0 Å². The normalized spacial score (nSPS) is 12.3. The first kappa shape index (κ1) is 16.7. The summed E-state index contributed by atoms with van der Waals surface area (Å²) < 4.78 is 37.3. The summed E-state index contributed by atoms with van der Waals surface area (Å²) >= 11 is 0. The van der Waals surface area contributed by atoms with Gasteiger partial charge in [-0.1, -0.05) is 12.1 Å². The van der Waals surface area contributed by atoms with Crippen LogP contribution in [0.4, 0.5) is 13.2 Å². The van der Waals surface area contributed by atoms with Gasteiger partial charge in [-0.25, -0.2) is 0 Å². The van der Waals surface area contributed by atoms with Crippen molar-refractivity contribution in [3.05, 3.63) is 29.6 Å². The zero-order valence-corrected chi connectivity index (χ0v) is 11.3. The number of nitrogens with two attached hydrogens (primary N) is 1. The van der Waals surface area contributed by atoms with Crippen LogP contribution in [0.2, 0.25) is 0 Å². The van der Waals surface area contributed by atoms with E-state index in [4.69, 9.17) is 10.9 Å². The number of aromatic nitrogens is 1. The van der Waals surface area contributed by atoms with Crippen molar-refractivity contribution in [3.63, 3.8) is 0 Å². The van der Waals surface area contributed by atoms with Gasteiger partial charge in [0.25, 0.3) is 5.91 Å². The highest BCUT2D eigenvalue weighted by atomic mass is 19.4. The minimum atomic E-state index is -4.51. The van der Waals surface area contributed by atoms with E-state index in [0.717, 1.165) is 12.1 Å². The van der Waals surface area contributed by atoms with Crippen LogP contribution in [-0.2, 0) is 6.18 Å². The molecule has 0 aliphatic heterocycles. The molecule has 0 aromatic carbocycles. The lowest BCUT2D eigenvalue weighted by Gasteiger charge is -2.21. The van der Waals surface area contributed by atoms with Gasteiger partial charge >= 0.3 is 6.18 Å². The summed E-state index contributed by atoms with van der Waals surface area (Å²) in [4.78, 5) is 16.9. The van der Waals surface area contributed by atoms with Crippen LogP contribution in [0.15, 0.2) is 23.5 Å². The molecule has 0 aliphatic carbocycles. The average Bonchev–Trinajstić information content (AvgIpc) is 2.45. The number of carbonyl (C=O) groups excluding carboxylic acids is 1. The Morgan fingerprint density at radius 2 is 2.14 bits per heavy atom. The summed E-state index contributed by atoms with van der Waals surface area (Å²) in [6.45, 7) is 1.98. The molecule has 0 bridgehead atoms. The number of carbonyl (C=O) groups is 1. The Morgan fingerprint density at radius 3 is 2.57 bits per heavy atom. The molecule has 0 atom stereocenters. The molecule has 6 nitrogen and oxygen atoms in total. The molecule has 0 fully saturated rings. The fourth-order valence-electron chi connectivity index (χ4n) is 1.60. The molecule has 1 aromatic rings. The summed E-state index contributed by atoms with van der Waals surface area (Å²) in [5, 5.41) is 11.3. The van der Waals surface area contributed by atoms with E-state index in [1.165, 1.54) is 4.90 Å². The van der Waals surface area contributed by atoms with Gasteiger partial charge in [0.1, 0.15) is 5.69 Å². The molecule has 21 heavy (non-hydrogen) atoms. The first-order valence-electron chi connectivity index (χ1n) is 6.08. The van der Waals surface area contributed by atoms with E-state index in [1.54, 1.807) is 0 Å². The minimum Gasteiger partial charge on any atom is -0.409 e. The van der Waals surface area contributed by atoms with Gasteiger partial charge in [0.15, 0.2) is 5.84 Å². The number of amides is 1. The smallest absolute Gasteiger partial charge is 0.409 e. The molecule has 0 unspecified atom stereocenters. The molecule has 116 valence electrons. The predicted molar refractivity (Wildman–Crippen MR) is 68.8 cm³/mol. The Labute approximate surface area is 119 Å². The van der Waals surface area contributed by atoms with Gasteiger partial charge < -0.3 is 15.8 Å². The van der Waals surface area contributed by atoms with Gasteiger partial charge in [-0.2, -0.15) is 13.2 Å². The van der Waals surface area contributed by atoms with Crippen LogP contribution in [0, 0.1) is 0 Å². The van der Waals surface area contributed by atoms with Crippen molar-refractivity contribution >= 4 is 11.7 Å². The third-order valence-electron chi connectivity index (χ3n) is 2.57. The zero-order chi connectivity index (χ0) is 16.0. The highest BCUT2D eigenvalue weighted by Gasteiger charge is 2.31. The van der Waals surface area contributed by atoms with Crippen molar-refractivity contribution in [1.82, 2.24) is 9.88 Å². The van der Waals surface area contributed by atoms with Crippen LogP contribution in [0.5, 0.6) is 0 Å². The van der Waals surface area contributed by atoms with Crippen LogP contribution in [0.1, 0.15) is 29.4 Å². The Balaban J connectivity index is 2.93. The number of rotatable bonds is 5. The Morgan fingerprint density at radius 1 is 1.48 bits per heavy atom. The van der Waals surface area contributed by atoms with Crippen molar-refractivity contribution in [2.24, 2.45) is 10.9 Å². The van der Waals surface area contributed by atoms with Crippen molar-refractivity contribution < 1.29 is 23.2 Å². The third kappa shape index (κ3) is 4.62. The van der Waals surface area contributed by atoms with E-state index in [0.29, 0.717) is 19.2 Å². The molecule has 0 saturated heterocycles. The number of halogens is 3. The molecular formula is C12H15F3N4O2. The number of hydrogen-bond acceptors (Lipinski definition) is 4. The number of nitrogens with zero attached hydrogens (tertiary/aromatic N) is 3. The summed E-state index contributed by atoms with van der Waals surface area (Å²) in [6, 6.07) is 1.79. The van der Waals surface area contributed by atoms with Crippen LogP contribution in [0.25, 0.3) is 0 Å². The van der Waals surface area contributed by atoms with Crippen LogP contribution in [0.3, 0.4) is 0 Å². The largest absolute Gasteiger partial charge is 0.417 e. The van der Waals surface area contributed by atoms with Gasteiger partial charge in [0, 0.05) is 12.7 Å². The fraction of sp³-hybridized carbons (Fsp3) is 0.417. The molecule has 0 aliphatic rings. The Bertz CT molecular complexity index is 514. The van der Waals surface area contributed by atoms with E-state index >= 15 is 0 Å². The lowest BCUT2D eigenvalue weighted by Crippen LogP contribution is -2.39. The molecule has 1 aromatic heterocycles. The second-order valence-electron chi connectivity index (χ2n) is 4.25. The number of oxime groups is 1. The van der Waals surface area contributed by atoms with Crippen LogP contribution in [-0.4, -0.2) is 39.9 Å². The fourth-order valence-corrected chi connectivity index (χ4v) is 1.60. The topological polar surface area (TPSA) is 91.8 Å². The minimum absolute atomic E-state index is 0.133. The molecule has 1 heterocycles. The highest BCUT2D eigenvalue weighted by molar-refractivity contribution is 5.95. The average molecular weight is 304 g/mol. The van der Waals surface area contributed by atoms with Gasteiger partial charge in [-0.05, 0) is 18.6 Å². The van der Waals surface area contributed by atoms with Gasteiger partial charge in [-0.3, -0.25) is 9.78 Å². The summed E-state index contributed by atoms with van der Waals surface area (Å²) in [7, 11) is 0. The summed E-state index contributed by atoms with van der Waals surface area (Å²) in [5.41, 5.74) is 4.27. The number of alkyl halides is 3. The number of hydrogen-bond donors (Lipinski definition) is 2. The van der Waals surface area contributed by atoms with Crippen molar-refractivity contribution in [1.29, 1.82) is 0 Å². The van der Waals surface area contributed by atoms with Crippen molar-refractivity contribution in [2.75, 3.05) is 13.1 Å². The maximum atomic E-state index is 12.4. The van der Waals surface area contributed by atoms with E-state index in [1.807, 2.05) is 6.92 Å². The number of amidine groups is 1. The predicted octanol–water partition coefficient (Wildman–Crippen LogP) is 1.70. The monoisotopic (exact) mass is 304 g/mol. The third-order valence-corrected chi connectivity index (χ3v) is 2.57. The maximum Gasteiger partial charge on any atom is 0.417 e. The SMILES string of the molecule is CCCN(C/C(N)=N/O)C(=O)c1ccc(C(F)(F)F)cn1. The van der Waals surface area contributed by atoms with Gasteiger partial charge in [0.05, 0.1) is 12.1 Å². The summed E-state index contributed by atoms with van der Waals surface area (Å²) in [5.74, 6) is -0.763. The molecule has 9 heteroatoms. The molecule has 0 spiro atoms. The second kappa shape index (κ2) is 6.91. The van der Waals surface area contributed by atoms with E-state index < -0.39 is 17.6 Å². The van der Waals surface area contributed by atoms with Crippen molar-refractivity contribution in [3.8, 4) is 0 Å². The second-order valence-corrected chi connectivity index (χ2v) is 4.25. The first-order valence-corrected chi connectivity index (χ1v) is 6.08. The molecule has 0 radical (unpaired) electrons. The maximum absolute atomic E-state index is 12.4. The lowest BCUT2D eigenvalue weighted by atomic mass is 10.2.